The second kappa shape index (κ2) is 8.44. The molecule has 0 fully saturated rings. The molecule has 148 valence electrons. The van der Waals surface area contributed by atoms with Gasteiger partial charge in [0.15, 0.2) is 11.9 Å². The Morgan fingerprint density at radius 1 is 1.21 bits per heavy atom. The third-order valence-electron chi connectivity index (χ3n) is 4.45. The van der Waals surface area contributed by atoms with Gasteiger partial charge in [0.1, 0.15) is 0 Å². The number of ether oxygens (including phenoxy) is 1. The van der Waals surface area contributed by atoms with E-state index < -0.39 is 11.2 Å². The summed E-state index contributed by atoms with van der Waals surface area (Å²) < 4.78 is 6.15. The van der Waals surface area contributed by atoms with Crippen LogP contribution < -0.4 is 10.1 Å². The lowest BCUT2D eigenvalue weighted by atomic mass is 10.1. The summed E-state index contributed by atoms with van der Waals surface area (Å²) in [5, 5.41) is 23.6. The number of nitro benzene ring substituents is 1. The number of anilines is 1. The van der Waals surface area contributed by atoms with Gasteiger partial charge in [0.25, 0.3) is 5.69 Å². The van der Waals surface area contributed by atoms with E-state index in [1.165, 1.54) is 23.9 Å². The van der Waals surface area contributed by atoms with Gasteiger partial charge in [-0.2, -0.15) is 4.98 Å². The maximum atomic E-state index is 11.2. The number of unbranched alkanes of at least 4 members (excludes halogenated alkanes) is 1. The molecule has 1 atom stereocenters. The molecule has 0 amide bonds. The van der Waals surface area contributed by atoms with Crippen LogP contribution >= 0.6 is 11.8 Å². The Labute approximate surface area is 171 Å². The van der Waals surface area contributed by atoms with Crippen LogP contribution in [0, 0.1) is 10.1 Å². The summed E-state index contributed by atoms with van der Waals surface area (Å²) in [4.78, 5) is 15.3. The molecule has 1 aromatic heterocycles. The number of aromatic nitrogens is 3. The first-order valence-electron chi connectivity index (χ1n) is 9.30. The predicted molar refractivity (Wildman–Crippen MR) is 111 cm³/mol. The van der Waals surface area contributed by atoms with E-state index in [0.717, 1.165) is 29.8 Å². The van der Waals surface area contributed by atoms with Crippen LogP contribution in [0.25, 0.3) is 11.3 Å². The van der Waals surface area contributed by atoms with Crippen LogP contribution in [-0.2, 0) is 0 Å². The summed E-state index contributed by atoms with van der Waals surface area (Å²) in [6.45, 7) is 2.13. The number of hydrogen-bond acceptors (Lipinski definition) is 8. The number of nitrogens with one attached hydrogen (secondary N) is 1. The van der Waals surface area contributed by atoms with Crippen molar-refractivity contribution in [2.45, 2.75) is 31.1 Å². The van der Waals surface area contributed by atoms with Crippen LogP contribution in [0.2, 0.25) is 0 Å². The second-order valence-corrected chi connectivity index (χ2v) is 7.55. The zero-order valence-electron chi connectivity index (χ0n) is 15.7. The van der Waals surface area contributed by atoms with E-state index in [0.29, 0.717) is 22.3 Å². The van der Waals surface area contributed by atoms with Crippen LogP contribution in [0.1, 0.15) is 31.6 Å². The van der Waals surface area contributed by atoms with Gasteiger partial charge < -0.3 is 10.1 Å². The van der Waals surface area contributed by atoms with E-state index in [2.05, 4.69) is 27.4 Å². The molecule has 0 aliphatic carbocycles. The number of thioether (sulfide) groups is 1. The van der Waals surface area contributed by atoms with Crippen molar-refractivity contribution in [2.75, 3.05) is 11.1 Å². The van der Waals surface area contributed by atoms with Crippen molar-refractivity contribution in [1.82, 2.24) is 15.2 Å². The zero-order valence-corrected chi connectivity index (χ0v) is 16.6. The number of fused-ring (bicyclic) bond motifs is 3. The predicted octanol–water partition coefficient (Wildman–Crippen LogP) is 4.84. The van der Waals surface area contributed by atoms with Gasteiger partial charge in [-0.1, -0.05) is 55.4 Å². The lowest BCUT2D eigenvalue weighted by Gasteiger charge is -2.19. The SMILES string of the molecule is CCCCSc1nnc2c(n1)OC(c1cccc([N+](=O)[O-])c1)Nc1ccccc1-2. The number of rotatable bonds is 6. The normalized spacial score (nSPS) is 14.7. The highest BCUT2D eigenvalue weighted by molar-refractivity contribution is 7.99. The van der Waals surface area contributed by atoms with Crippen LogP contribution in [0.5, 0.6) is 5.88 Å². The van der Waals surface area contributed by atoms with E-state index in [4.69, 9.17) is 4.74 Å². The quantitative estimate of drug-likeness (QED) is 0.267. The highest BCUT2D eigenvalue weighted by atomic mass is 32.2. The fraction of sp³-hybridized carbons (Fsp3) is 0.250. The number of hydrogen-bond donors (Lipinski definition) is 1. The number of para-hydroxylation sites is 1. The summed E-state index contributed by atoms with van der Waals surface area (Å²) in [5.74, 6) is 1.26. The van der Waals surface area contributed by atoms with Crippen molar-refractivity contribution < 1.29 is 9.66 Å². The first-order chi connectivity index (χ1) is 14.2. The Hall–Kier alpha value is -3.20. The van der Waals surface area contributed by atoms with Crippen molar-refractivity contribution in [2.24, 2.45) is 0 Å². The molecule has 0 saturated carbocycles. The Morgan fingerprint density at radius 3 is 2.90 bits per heavy atom. The van der Waals surface area contributed by atoms with Gasteiger partial charge in [-0.3, -0.25) is 10.1 Å². The van der Waals surface area contributed by atoms with Crippen LogP contribution in [-0.4, -0.2) is 25.9 Å². The van der Waals surface area contributed by atoms with E-state index in [1.807, 2.05) is 24.3 Å². The fourth-order valence-corrected chi connectivity index (χ4v) is 3.83. The molecule has 2 heterocycles. The number of benzene rings is 2. The third kappa shape index (κ3) is 4.14. The van der Waals surface area contributed by atoms with Gasteiger partial charge in [-0.05, 0) is 12.5 Å². The molecule has 1 aliphatic heterocycles. The molecule has 1 unspecified atom stereocenters. The molecule has 0 spiro atoms. The van der Waals surface area contributed by atoms with Crippen molar-refractivity contribution in [3.8, 4) is 17.1 Å². The average Bonchev–Trinajstić information content (AvgIpc) is 2.90. The lowest BCUT2D eigenvalue weighted by Crippen LogP contribution is -2.17. The highest BCUT2D eigenvalue weighted by Gasteiger charge is 2.26. The molecule has 9 heteroatoms. The van der Waals surface area contributed by atoms with Gasteiger partial charge in [-0.15, -0.1) is 10.2 Å². The molecular weight excluding hydrogens is 390 g/mol. The Morgan fingerprint density at radius 2 is 2.07 bits per heavy atom. The molecule has 3 aromatic rings. The summed E-state index contributed by atoms with van der Waals surface area (Å²) >= 11 is 1.53. The maximum absolute atomic E-state index is 11.2. The van der Waals surface area contributed by atoms with Crippen LogP contribution in [0.15, 0.2) is 53.7 Å². The second-order valence-electron chi connectivity index (χ2n) is 6.49. The molecule has 1 N–H and O–H groups in total. The van der Waals surface area contributed by atoms with Gasteiger partial charge in [-0.25, -0.2) is 0 Å². The van der Waals surface area contributed by atoms with Gasteiger partial charge in [0.2, 0.25) is 11.0 Å². The highest BCUT2D eigenvalue weighted by Crippen LogP contribution is 2.39. The van der Waals surface area contributed by atoms with Gasteiger partial charge in [0.05, 0.1) is 4.92 Å². The minimum atomic E-state index is -0.650. The average molecular weight is 409 g/mol. The van der Waals surface area contributed by atoms with E-state index in [-0.39, 0.29) is 5.69 Å². The largest absolute Gasteiger partial charge is 0.448 e. The van der Waals surface area contributed by atoms with Gasteiger partial charge >= 0.3 is 0 Å². The van der Waals surface area contributed by atoms with E-state index in [1.54, 1.807) is 12.1 Å². The Kier molecular flexibility index (Phi) is 5.57. The van der Waals surface area contributed by atoms with Crippen LogP contribution in [0.4, 0.5) is 11.4 Å². The molecule has 1 aliphatic rings. The van der Waals surface area contributed by atoms with Crippen molar-refractivity contribution >= 4 is 23.1 Å². The molecule has 4 rings (SSSR count). The summed E-state index contributed by atoms with van der Waals surface area (Å²) in [6, 6.07) is 14.0. The summed E-state index contributed by atoms with van der Waals surface area (Å²) in [6.07, 6.45) is 1.50. The Bertz CT molecular complexity index is 1050. The standard InChI is InChI=1S/C20H19N5O3S/c1-2-3-11-29-20-22-19-17(23-24-20)15-9-4-5-10-16(15)21-18(28-19)13-7-6-8-14(12-13)25(26)27/h4-10,12,18,21H,2-3,11H2,1H3. The molecule has 0 bridgehead atoms. The lowest BCUT2D eigenvalue weighted by molar-refractivity contribution is -0.385. The minimum absolute atomic E-state index is 0.00211. The number of nitrogens with zero attached hydrogens (tertiary/aromatic N) is 4. The zero-order chi connectivity index (χ0) is 20.2. The monoisotopic (exact) mass is 409 g/mol. The molecule has 0 radical (unpaired) electrons. The Balaban J connectivity index is 1.74. The smallest absolute Gasteiger partial charge is 0.269 e. The number of nitro groups is 1. The summed E-state index contributed by atoms with van der Waals surface area (Å²) in [5.41, 5.74) is 2.79. The molecule has 8 nitrogen and oxygen atoms in total. The number of non-ortho nitro benzene ring substituents is 1. The summed E-state index contributed by atoms with van der Waals surface area (Å²) in [7, 11) is 0. The van der Waals surface area contributed by atoms with Crippen molar-refractivity contribution in [3.05, 3.63) is 64.2 Å². The topological polar surface area (TPSA) is 103 Å². The van der Waals surface area contributed by atoms with E-state index >= 15 is 0 Å². The molecule has 2 aromatic carbocycles. The third-order valence-corrected chi connectivity index (χ3v) is 5.37. The van der Waals surface area contributed by atoms with E-state index in [9.17, 15) is 10.1 Å². The molecular formula is C20H19N5O3S. The molecule has 29 heavy (non-hydrogen) atoms. The first-order valence-corrected chi connectivity index (χ1v) is 10.3. The fourth-order valence-electron chi connectivity index (χ4n) is 2.97. The van der Waals surface area contributed by atoms with Crippen molar-refractivity contribution in [3.63, 3.8) is 0 Å². The van der Waals surface area contributed by atoms with Gasteiger partial charge in [0, 0.05) is 34.7 Å². The van der Waals surface area contributed by atoms with Crippen molar-refractivity contribution in [1.29, 1.82) is 0 Å². The first kappa shape index (κ1) is 19.1. The maximum Gasteiger partial charge on any atom is 0.269 e. The van der Waals surface area contributed by atoms with Crippen LogP contribution in [0.3, 0.4) is 0 Å². The minimum Gasteiger partial charge on any atom is -0.448 e. The molecule has 0 saturated heterocycles.